The fourth-order valence-electron chi connectivity index (χ4n) is 0.109. The minimum Gasteiger partial charge on any atom is -0.320 e. The van der Waals surface area contributed by atoms with Crippen LogP contribution in [0.2, 0.25) is 0 Å². The van der Waals surface area contributed by atoms with E-state index in [1.54, 1.807) is 0 Å². The molecule has 1 rings (SSSR count). The predicted molar refractivity (Wildman–Crippen MR) is 38.4 cm³/mol. The van der Waals surface area contributed by atoms with Gasteiger partial charge in [-0.3, -0.25) is 0 Å². The number of rotatable bonds is 0. The number of terminal acetylenes is 1. The highest BCUT2D eigenvalue weighted by atomic mass is 33.2. The van der Waals surface area contributed by atoms with E-state index in [1.165, 1.54) is 9.34 Å². The molecular formula is C3H2O3S3. The van der Waals surface area contributed by atoms with Crippen LogP contribution in [0, 0.1) is 12.8 Å². The third-order valence-corrected chi connectivity index (χ3v) is 2.52. The molecule has 1 aromatic rings. The van der Waals surface area contributed by atoms with Crippen LogP contribution in [-0.4, -0.2) is 0 Å². The Labute approximate surface area is 62.1 Å². The molecule has 0 saturated heterocycles. The van der Waals surface area contributed by atoms with Gasteiger partial charge in [0.1, 0.15) is 21.3 Å². The van der Waals surface area contributed by atoms with Crippen LogP contribution >= 0.6 is 30.6 Å². The van der Waals surface area contributed by atoms with Gasteiger partial charge in [0.15, 0.2) is 0 Å². The fraction of sp³-hybridized carbons (Fsp3) is 0. The molecule has 0 aliphatic heterocycles. The van der Waals surface area contributed by atoms with Gasteiger partial charge in [-0.05, 0) is 0 Å². The highest BCUT2D eigenvalue weighted by Gasteiger charge is 1.79. The van der Waals surface area contributed by atoms with Gasteiger partial charge < -0.3 is 7.70 Å². The molecule has 0 aliphatic rings. The van der Waals surface area contributed by atoms with Crippen LogP contribution in [0.1, 0.15) is 0 Å². The van der Waals surface area contributed by atoms with Gasteiger partial charge in [-0.25, -0.2) is 4.79 Å². The molecule has 0 spiro atoms. The maximum atomic E-state index is 9.96. The molecule has 0 aliphatic carbocycles. The maximum absolute atomic E-state index is 9.96. The molecule has 6 heteroatoms. The van der Waals surface area contributed by atoms with Gasteiger partial charge in [0.25, 0.3) is 0 Å². The Bertz CT molecular complexity index is 211. The number of hydrogen-bond donors (Lipinski definition) is 0. The summed E-state index contributed by atoms with van der Waals surface area (Å²) in [5.74, 6) is -0.631. The predicted octanol–water partition coefficient (Wildman–Crippen LogP) is 1.79. The lowest BCUT2D eigenvalue weighted by atomic mass is 11.4. The van der Waals surface area contributed by atoms with Crippen molar-refractivity contribution in [2.75, 3.05) is 0 Å². The minimum absolute atomic E-state index is 0.631. The van der Waals surface area contributed by atoms with Crippen LogP contribution in [0.5, 0.6) is 0 Å². The lowest BCUT2D eigenvalue weighted by molar-refractivity contribution is 0.440. The molecule has 0 unspecified atom stereocenters. The van der Waals surface area contributed by atoms with Gasteiger partial charge in [-0.15, -0.1) is 12.8 Å². The molecule has 0 saturated carbocycles. The lowest BCUT2D eigenvalue weighted by Gasteiger charge is -1.68. The topological polar surface area (TPSA) is 43.4 Å². The van der Waals surface area contributed by atoms with Crippen LogP contribution in [0.15, 0.2) is 12.5 Å². The van der Waals surface area contributed by atoms with Gasteiger partial charge >= 0.3 is 5.82 Å². The van der Waals surface area contributed by atoms with E-state index in [9.17, 15) is 4.79 Å². The Morgan fingerprint density at radius 3 is 1.89 bits per heavy atom. The van der Waals surface area contributed by atoms with Gasteiger partial charge in [0.2, 0.25) is 0 Å². The van der Waals surface area contributed by atoms with E-state index < -0.39 is 5.82 Å². The summed E-state index contributed by atoms with van der Waals surface area (Å²) in [6.45, 7) is 0. The van der Waals surface area contributed by atoms with Gasteiger partial charge in [-0.1, -0.05) is 0 Å². The van der Waals surface area contributed by atoms with Gasteiger partial charge in [-0.2, -0.15) is 0 Å². The van der Waals surface area contributed by atoms with Crippen LogP contribution in [0.3, 0.4) is 0 Å². The molecule has 1 heterocycles. The summed E-state index contributed by atoms with van der Waals surface area (Å²) < 4.78 is 8.55. The molecule has 0 radical (unpaired) electrons. The van der Waals surface area contributed by atoms with Crippen molar-refractivity contribution >= 4 is 30.6 Å². The van der Waals surface area contributed by atoms with Crippen molar-refractivity contribution < 1.29 is 7.70 Å². The first-order chi connectivity index (χ1) is 4.39. The van der Waals surface area contributed by atoms with Gasteiger partial charge in [0, 0.05) is 0 Å². The normalized spacial score (nSPS) is 6.89. The monoisotopic (exact) mass is 182 g/mol. The second kappa shape index (κ2) is 5.62. The molecule has 1 aromatic heterocycles. The standard InChI is InChI=1S/C2H2.CO3S3/c1-2;2-1-3-5-7-6-4-1/h1-2H;. The maximum Gasteiger partial charge on any atom is 0.544 e. The first kappa shape index (κ1) is 8.49. The van der Waals surface area contributed by atoms with E-state index in [-0.39, 0.29) is 0 Å². The third-order valence-electron chi connectivity index (χ3n) is 0.260. The summed E-state index contributed by atoms with van der Waals surface area (Å²) in [5, 5.41) is 0. The van der Waals surface area contributed by atoms with Crippen molar-refractivity contribution in [2.45, 2.75) is 0 Å². The molecule has 0 N–H and O–H groups in total. The second-order valence-corrected chi connectivity index (χ2v) is 3.81. The van der Waals surface area contributed by atoms with Crippen molar-refractivity contribution in [3.05, 3.63) is 10.6 Å². The molecular weight excluding hydrogens is 180 g/mol. The average molecular weight is 182 g/mol. The zero-order valence-electron chi connectivity index (χ0n) is 4.10. The van der Waals surface area contributed by atoms with Gasteiger partial charge in [0.05, 0.1) is 9.34 Å². The molecule has 0 aromatic carbocycles. The van der Waals surface area contributed by atoms with E-state index in [0.29, 0.717) is 0 Å². The number of hydrogen-bond acceptors (Lipinski definition) is 6. The summed E-state index contributed by atoms with van der Waals surface area (Å²) in [4.78, 5) is 9.96. The average Bonchev–Trinajstić information content (AvgIpc) is 1.94. The molecule has 0 amide bonds. The van der Waals surface area contributed by atoms with Crippen molar-refractivity contribution in [3.8, 4) is 12.8 Å². The molecule has 0 atom stereocenters. The quantitative estimate of drug-likeness (QED) is 0.454. The van der Waals surface area contributed by atoms with Crippen molar-refractivity contribution in [3.63, 3.8) is 0 Å². The van der Waals surface area contributed by atoms with E-state index in [0.717, 1.165) is 21.3 Å². The smallest absolute Gasteiger partial charge is 0.320 e. The summed E-state index contributed by atoms with van der Waals surface area (Å²) in [5.41, 5.74) is 0. The summed E-state index contributed by atoms with van der Waals surface area (Å²) in [7, 11) is 3.28. The highest BCUT2D eigenvalue weighted by Crippen LogP contribution is 2.05. The molecule has 3 nitrogen and oxygen atoms in total. The van der Waals surface area contributed by atoms with E-state index in [1.807, 2.05) is 0 Å². The minimum atomic E-state index is -0.631. The lowest BCUT2D eigenvalue weighted by Crippen LogP contribution is -1.86. The zero-order chi connectivity index (χ0) is 7.11. The molecule has 50 valence electrons. The van der Waals surface area contributed by atoms with E-state index in [4.69, 9.17) is 0 Å². The largest absolute Gasteiger partial charge is 0.544 e. The van der Waals surface area contributed by atoms with Crippen molar-refractivity contribution in [2.24, 2.45) is 0 Å². The Kier molecular flexibility index (Phi) is 5.30. The second-order valence-electron chi connectivity index (χ2n) is 0.621. The Balaban J connectivity index is 0.000000291. The Morgan fingerprint density at radius 1 is 1.22 bits per heavy atom. The SMILES string of the molecule is C#C.O=c1ossso1. The van der Waals surface area contributed by atoms with Crippen molar-refractivity contribution in [1.82, 2.24) is 0 Å². The van der Waals surface area contributed by atoms with E-state index in [2.05, 4.69) is 20.5 Å². The third kappa shape index (κ3) is 4.02. The molecule has 9 heavy (non-hydrogen) atoms. The summed E-state index contributed by atoms with van der Waals surface area (Å²) in [6.07, 6.45) is 8.00. The van der Waals surface area contributed by atoms with Crippen LogP contribution in [0.4, 0.5) is 0 Å². The van der Waals surface area contributed by atoms with Crippen LogP contribution in [0.25, 0.3) is 0 Å². The van der Waals surface area contributed by atoms with Crippen molar-refractivity contribution in [1.29, 1.82) is 0 Å². The van der Waals surface area contributed by atoms with E-state index >= 15 is 0 Å². The Morgan fingerprint density at radius 2 is 1.67 bits per heavy atom. The fourth-order valence-corrected chi connectivity index (χ4v) is 1.68. The van der Waals surface area contributed by atoms with Crippen LogP contribution < -0.4 is 5.82 Å². The molecule has 0 fully saturated rings. The zero-order valence-corrected chi connectivity index (χ0v) is 6.55. The molecule has 0 bridgehead atoms. The summed E-state index contributed by atoms with van der Waals surface area (Å²) in [6, 6.07) is 0. The first-order valence-electron chi connectivity index (χ1n) is 1.61. The first-order valence-corrected chi connectivity index (χ1v) is 4.95. The Hall–Kier alpha value is -0.510. The summed E-state index contributed by atoms with van der Waals surface area (Å²) >= 11 is 0. The van der Waals surface area contributed by atoms with Crippen LogP contribution in [-0.2, 0) is 0 Å². The highest BCUT2D eigenvalue weighted by molar-refractivity contribution is 7.90.